The molecule has 0 heterocycles. The molecule has 0 amide bonds. The topological polar surface area (TPSA) is 50.0 Å². The second-order valence-corrected chi connectivity index (χ2v) is 4.74. The number of benzene rings is 1. The molecule has 2 N–H and O–H groups in total. The van der Waals surface area contributed by atoms with E-state index in [-0.39, 0.29) is 5.48 Å². The van der Waals surface area contributed by atoms with Gasteiger partial charge in [0, 0.05) is 0 Å². The van der Waals surface area contributed by atoms with Crippen molar-refractivity contribution in [1.82, 2.24) is 0 Å². The summed E-state index contributed by atoms with van der Waals surface area (Å²) in [5.74, 6) is 1.54. The average molecular weight is 252 g/mol. The molecule has 0 fully saturated rings. The molecule has 102 valence electrons. The molecule has 1 aromatic carbocycles. The van der Waals surface area contributed by atoms with Gasteiger partial charge in [0.1, 0.15) is 11.5 Å². The Morgan fingerprint density at radius 1 is 1.28 bits per heavy atom. The van der Waals surface area contributed by atoms with Crippen LogP contribution in [0.4, 0.5) is 0 Å². The zero-order chi connectivity index (χ0) is 13.1. The lowest BCUT2D eigenvalue weighted by molar-refractivity contribution is 0.0637. The lowest BCUT2D eigenvalue weighted by atomic mass is 10.1. The van der Waals surface area contributed by atoms with Crippen LogP contribution in [0.5, 0.6) is 5.75 Å². The van der Waals surface area contributed by atoms with Gasteiger partial charge >= 0.3 is 0 Å². The quantitative estimate of drug-likeness (QED) is 0.756. The van der Waals surface area contributed by atoms with E-state index >= 15 is 0 Å². The fourth-order valence-electron chi connectivity index (χ4n) is 1.50. The minimum atomic E-state index is -0.519. The van der Waals surface area contributed by atoms with E-state index in [0.29, 0.717) is 12.4 Å². The molecule has 1 aromatic rings. The first-order valence-corrected chi connectivity index (χ1v) is 5.95. The van der Waals surface area contributed by atoms with Crippen molar-refractivity contribution >= 4 is 0 Å². The number of aryl methyl sites for hydroxylation is 2. The van der Waals surface area contributed by atoms with Crippen LogP contribution < -0.4 is 4.74 Å². The van der Waals surface area contributed by atoms with Gasteiger partial charge in [-0.2, -0.15) is 0 Å². The largest absolute Gasteiger partial charge is 0.495 e. The molecule has 0 aliphatic carbocycles. The van der Waals surface area contributed by atoms with Gasteiger partial charge in [-0.3, -0.25) is 0 Å². The average Bonchev–Trinajstić information content (AvgIpc) is 2.23. The zero-order valence-corrected chi connectivity index (χ0v) is 12.0. The predicted molar refractivity (Wildman–Crippen MR) is 75.0 cm³/mol. The molecular formula is C15H24O3. The molecule has 3 heteroatoms. The summed E-state index contributed by atoms with van der Waals surface area (Å²) in [5.41, 5.74) is 1.78. The van der Waals surface area contributed by atoms with E-state index in [1.807, 2.05) is 33.8 Å². The van der Waals surface area contributed by atoms with E-state index in [2.05, 4.69) is 25.6 Å². The summed E-state index contributed by atoms with van der Waals surface area (Å²) >= 11 is 0. The van der Waals surface area contributed by atoms with Crippen LogP contribution in [0.1, 0.15) is 31.9 Å². The van der Waals surface area contributed by atoms with Crippen LogP contribution >= 0.6 is 0 Å². The van der Waals surface area contributed by atoms with Gasteiger partial charge < -0.3 is 14.9 Å². The second kappa shape index (κ2) is 6.45. The van der Waals surface area contributed by atoms with Crippen molar-refractivity contribution in [3.63, 3.8) is 0 Å². The number of hydrogen-bond donors (Lipinski definition) is 0. The normalized spacial score (nSPS) is 10.5. The summed E-state index contributed by atoms with van der Waals surface area (Å²) in [6.45, 7) is 14.5. The van der Waals surface area contributed by atoms with E-state index in [0.717, 1.165) is 11.3 Å². The van der Waals surface area contributed by atoms with Crippen LogP contribution in [0.15, 0.2) is 30.5 Å². The maximum Gasteiger partial charge on any atom is 0.159 e. The Morgan fingerprint density at radius 3 is 2.44 bits per heavy atom. The molecule has 0 aliphatic rings. The van der Waals surface area contributed by atoms with Gasteiger partial charge in [0.25, 0.3) is 0 Å². The summed E-state index contributed by atoms with van der Waals surface area (Å²) in [6.07, 6.45) is 0. The van der Waals surface area contributed by atoms with Crippen LogP contribution in [0.2, 0.25) is 0 Å². The Balaban J connectivity index is 0.00000289. The van der Waals surface area contributed by atoms with Crippen molar-refractivity contribution in [1.29, 1.82) is 0 Å². The minimum absolute atomic E-state index is 0. The maximum atomic E-state index is 6.00. The predicted octanol–water partition coefficient (Wildman–Crippen LogP) is 3.19. The molecule has 0 aliphatic heterocycles. The summed E-state index contributed by atoms with van der Waals surface area (Å²) in [4.78, 5) is 0. The molecule has 0 spiro atoms. The molecule has 0 radical (unpaired) electrons. The lowest BCUT2D eigenvalue weighted by Gasteiger charge is -2.29. The van der Waals surface area contributed by atoms with Crippen molar-refractivity contribution in [2.45, 2.75) is 40.2 Å². The lowest BCUT2D eigenvalue weighted by Crippen LogP contribution is -2.32. The molecule has 1 rings (SSSR count). The highest BCUT2D eigenvalue weighted by Gasteiger charge is 2.26. The minimum Gasteiger partial charge on any atom is -0.495 e. The Kier molecular flexibility index (Phi) is 5.92. The first kappa shape index (κ1) is 16.5. The highest BCUT2D eigenvalue weighted by atomic mass is 16.5. The van der Waals surface area contributed by atoms with Crippen molar-refractivity contribution in [3.8, 4) is 5.75 Å². The van der Waals surface area contributed by atoms with Crippen LogP contribution in [0.25, 0.3) is 0 Å². The van der Waals surface area contributed by atoms with E-state index in [1.54, 1.807) is 0 Å². The Hall–Kier alpha value is -1.48. The third kappa shape index (κ3) is 4.08. The number of hydrogen-bond acceptors (Lipinski definition) is 2. The van der Waals surface area contributed by atoms with E-state index in [9.17, 15) is 0 Å². The summed E-state index contributed by atoms with van der Waals surface area (Å²) in [6, 6.07) is 6.17. The molecular weight excluding hydrogens is 228 g/mol. The standard InChI is InChI=1S/C15H22O2.H2O/c1-7-16-13(4)15(5,6)17-14-10-11(2)8-9-12(14)3;/h8-10H,4,7H2,1-3,5-6H3;1H2. The summed E-state index contributed by atoms with van der Waals surface area (Å²) in [5, 5.41) is 0. The van der Waals surface area contributed by atoms with E-state index < -0.39 is 5.60 Å². The van der Waals surface area contributed by atoms with Gasteiger partial charge in [-0.15, -0.1) is 0 Å². The number of rotatable bonds is 5. The third-order valence-electron chi connectivity index (χ3n) is 2.70. The van der Waals surface area contributed by atoms with E-state index in [4.69, 9.17) is 9.47 Å². The summed E-state index contributed by atoms with van der Waals surface area (Å²) in [7, 11) is 0. The molecule has 3 nitrogen and oxygen atoms in total. The fourth-order valence-corrected chi connectivity index (χ4v) is 1.50. The van der Waals surface area contributed by atoms with Crippen LogP contribution in [-0.4, -0.2) is 17.7 Å². The Labute approximate surface area is 110 Å². The van der Waals surface area contributed by atoms with Crippen LogP contribution in [0, 0.1) is 13.8 Å². The second-order valence-electron chi connectivity index (χ2n) is 4.74. The van der Waals surface area contributed by atoms with E-state index in [1.165, 1.54) is 5.56 Å². The third-order valence-corrected chi connectivity index (χ3v) is 2.70. The molecule has 0 atom stereocenters. The Morgan fingerprint density at radius 2 is 1.89 bits per heavy atom. The Bertz CT molecular complexity index is 408. The number of ether oxygens (including phenoxy) is 2. The molecule has 18 heavy (non-hydrogen) atoms. The van der Waals surface area contributed by atoms with Gasteiger partial charge in [-0.05, 0) is 51.8 Å². The fraction of sp³-hybridized carbons (Fsp3) is 0.467. The van der Waals surface area contributed by atoms with Gasteiger partial charge in [-0.1, -0.05) is 18.7 Å². The monoisotopic (exact) mass is 252 g/mol. The van der Waals surface area contributed by atoms with Gasteiger partial charge in [0.15, 0.2) is 5.60 Å². The molecule has 0 aromatic heterocycles. The molecule has 0 saturated carbocycles. The first-order chi connectivity index (χ1) is 7.86. The van der Waals surface area contributed by atoms with Crippen molar-refractivity contribution in [3.05, 3.63) is 41.7 Å². The van der Waals surface area contributed by atoms with Crippen LogP contribution in [0.3, 0.4) is 0 Å². The molecule has 0 unspecified atom stereocenters. The van der Waals surface area contributed by atoms with Gasteiger partial charge in [0.05, 0.1) is 6.61 Å². The zero-order valence-electron chi connectivity index (χ0n) is 12.0. The first-order valence-electron chi connectivity index (χ1n) is 5.95. The molecule has 0 saturated heterocycles. The highest BCUT2D eigenvalue weighted by molar-refractivity contribution is 5.37. The van der Waals surface area contributed by atoms with Crippen molar-refractivity contribution < 1.29 is 14.9 Å². The van der Waals surface area contributed by atoms with Crippen molar-refractivity contribution in [2.75, 3.05) is 6.61 Å². The maximum absolute atomic E-state index is 6.00. The smallest absolute Gasteiger partial charge is 0.159 e. The van der Waals surface area contributed by atoms with Crippen LogP contribution in [-0.2, 0) is 4.74 Å². The van der Waals surface area contributed by atoms with Crippen molar-refractivity contribution in [2.24, 2.45) is 0 Å². The summed E-state index contributed by atoms with van der Waals surface area (Å²) < 4.78 is 11.4. The molecule has 0 bridgehead atoms. The SMILES string of the molecule is C=C(OCC)C(C)(C)Oc1cc(C)ccc1C.O. The van der Waals surface area contributed by atoms with Gasteiger partial charge in [-0.25, -0.2) is 0 Å². The highest BCUT2D eigenvalue weighted by Crippen LogP contribution is 2.27. The van der Waals surface area contributed by atoms with Gasteiger partial charge in [0.2, 0.25) is 0 Å².